The van der Waals surface area contributed by atoms with Crippen LogP contribution in [0.15, 0.2) is 24.3 Å². The van der Waals surface area contributed by atoms with Crippen LogP contribution in [0.2, 0.25) is 0 Å². The summed E-state index contributed by atoms with van der Waals surface area (Å²) in [5, 5.41) is 0. The summed E-state index contributed by atoms with van der Waals surface area (Å²) in [5.41, 5.74) is -0.755. The fourth-order valence-corrected chi connectivity index (χ4v) is 3.19. The maximum Gasteiger partial charge on any atom is 0.419 e. The number of amides is 1. The minimum absolute atomic E-state index is 0.174. The van der Waals surface area contributed by atoms with Crippen LogP contribution in [0.4, 0.5) is 23.4 Å². The molecule has 5 nitrogen and oxygen atoms in total. The van der Waals surface area contributed by atoms with Crippen LogP contribution >= 0.6 is 0 Å². The van der Waals surface area contributed by atoms with Crippen LogP contribution in [0, 0.1) is 12.7 Å². The van der Waals surface area contributed by atoms with Gasteiger partial charge in [0.25, 0.3) is 5.91 Å². The van der Waals surface area contributed by atoms with Crippen molar-refractivity contribution in [3.05, 3.63) is 52.7 Å². The Kier molecular flexibility index (Phi) is 5.77. The summed E-state index contributed by atoms with van der Waals surface area (Å²) < 4.78 is 52.2. The van der Waals surface area contributed by atoms with Crippen LogP contribution < -0.4 is 4.90 Å². The maximum absolute atomic E-state index is 13.5. The molecule has 0 spiro atoms. The van der Waals surface area contributed by atoms with E-state index in [1.807, 2.05) is 31.7 Å². The lowest BCUT2D eigenvalue weighted by molar-refractivity contribution is -0.140. The summed E-state index contributed by atoms with van der Waals surface area (Å²) in [6.45, 7) is 7.55. The van der Waals surface area contributed by atoms with E-state index in [1.165, 1.54) is 4.90 Å². The molecule has 3 rings (SSSR count). The van der Waals surface area contributed by atoms with E-state index in [0.717, 1.165) is 23.4 Å². The molecule has 29 heavy (non-hydrogen) atoms. The van der Waals surface area contributed by atoms with E-state index in [9.17, 15) is 22.4 Å². The van der Waals surface area contributed by atoms with Crippen molar-refractivity contribution < 1.29 is 22.4 Å². The van der Waals surface area contributed by atoms with Crippen molar-refractivity contribution in [3.8, 4) is 0 Å². The Morgan fingerprint density at radius 2 is 1.72 bits per heavy atom. The molecule has 0 atom stereocenters. The second-order valence-electron chi connectivity index (χ2n) is 7.35. The average molecular weight is 410 g/mol. The van der Waals surface area contributed by atoms with Crippen molar-refractivity contribution in [2.45, 2.75) is 32.9 Å². The Balaban J connectivity index is 1.72. The Labute approximate surface area is 166 Å². The van der Waals surface area contributed by atoms with Gasteiger partial charge >= 0.3 is 6.18 Å². The number of piperazine rings is 1. The van der Waals surface area contributed by atoms with Crippen LogP contribution in [0.1, 0.15) is 47.2 Å². The highest BCUT2D eigenvalue weighted by Crippen LogP contribution is 2.32. The van der Waals surface area contributed by atoms with Crippen molar-refractivity contribution in [2.24, 2.45) is 0 Å². The first-order chi connectivity index (χ1) is 13.6. The number of aryl methyl sites for hydroxylation is 1. The fraction of sp³-hybridized carbons (Fsp3) is 0.450. The third-order valence-electron chi connectivity index (χ3n) is 4.78. The van der Waals surface area contributed by atoms with Crippen LogP contribution in [-0.4, -0.2) is 47.0 Å². The smallest absolute Gasteiger partial charge is 0.353 e. The van der Waals surface area contributed by atoms with E-state index >= 15 is 0 Å². The summed E-state index contributed by atoms with van der Waals surface area (Å²) in [6, 6.07) is 4.22. The molecule has 0 unspecified atom stereocenters. The molecule has 1 saturated heterocycles. The number of carbonyl (C=O) groups is 1. The maximum atomic E-state index is 13.5. The van der Waals surface area contributed by atoms with Gasteiger partial charge in [0.15, 0.2) is 0 Å². The van der Waals surface area contributed by atoms with Crippen LogP contribution in [0.25, 0.3) is 0 Å². The number of hydrogen-bond acceptors (Lipinski definition) is 4. The van der Waals surface area contributed by atoms with Gasteiger partial charge in [-0.3, -0.25) is 4.79 Å². The number of benzene rings is 1. The molecule has 1 fully saturated rings. The monoisotopic (exact) mass is 410 g/mol. The number of halogens is 4. The Hall–Kier alpha value is -2.71. The number of alkyl halides is 3. The average Bonchev–Trinajstić information content (AvgIpc) is 2.66. The topological polar surface area (TPSA) is 49.3 Å². The normalized spacial score (nSPS) is 15.2. The molecule has 0 N–H and O–H groups in total. The lowest BCUT2D eigenvalue weighted by Crippen LogP contribution is -2.49. The zero-order valence-electron chi connectivity index (χ0n) is 16.4. The number of carbonyl (C=O) groups excluding carboxylic acids is 1. The van der Waals surface area contributed by atoms with E-state index in [1.54, 1.807) is 0 Å². The highest BCUT2D eigenvalue weighted by Gasteiger charge is 2.35. The van der Waals surface area contributed by atoms with E-state index in [4.69, 9.17) is 0 Å². The molecule has 9 heteroatoms. The van der Waals surface area contributed by atoms with Gasteiger partial charge in [-0.05, 0) is 25.1 Å². The summed E-state index contributed by atoms with van der Waals surface area (Å²) in [7, 11) is 0. The predicted molar refractivity (Wildman–Crippen MR) is 100 cm³/mol. The summed E-state index contributed by atoms with van der Waals surface area (Å²) in [5.74, 6) is -0.243. The fourth-order valence-electron chi connectivity index (χ4n) is 3.19. The molecule has 2 heterocycles. The third kappa shape index (κ3) is 4.65. The molecule has 0 bridgehead atoms. The first-order valence-corrected chi connectivity index (χ1v) is 9.33. The molecule has 1 amide bonds. The summed E-state index contributed by atoms with van der Waals surface area (Å²) in [4.78, 5) is 25.1. The first-order valence-electron chi connectivity index (χ1n) is 9.33. The van der Waals surface area contributed by atoms with Gasteiger partial charge in [0.05, 0.1) is 5.56 Å². The quantitative estimate of drug-likeness (QED) is 0.717. The van der Waals surface area contributed by atoms with E-state index in [-0.39, 0.29) is 11.5 Å². The SMILES string of the molecule is Cc1cc(N2CCN(C(=O)c3ccc(F)c(C(F)(F)F)c3)CC2)nc(C(C)C)n1. The number of hydrogen-bond donors (Lipinski definition) is 0. The highest BCUT2D eigenvalue weighted by molar-refractivity contribution is 5.94. The van der Waals surface area contributed by atoms with Gasteiger partial charge in [-0.15, -0.1) is 0 Å². The van der Waals surface area contributed by atoms with Crippen molar-refractivity contribution in [1.29, 1.82) is 0 Å². The van der Waals surface area contributed by atoms with E-state index < -0.39 is 23.5 Å². The van der Waals surface area contributed by atoms with Crippen LogP contribution in [0.5, 0.6) is 0 Å². The van der Waals surface area contributed by atoms with E-state index in [2.05, 4.69) is 9.97 Å². The second-order valence-corrected chi connectivity index (χ2v) is 7.35. The molecule has 0 aliphatic carbocycles. The van der Waals surface area contributed by atoms with Gasteiger partial charge < -0.3 is 9.80 Å². The molecule has 1 aliphatic rings. The molecule has 1 aromatic heterocycles. The number of anilines is 1. The minimum atomic E-state index is -4.85. The number of nitrogens with zero attached hydrogens (tertiary/aromatic N) is 4. The third-order valence-corrected chi connectivity index (χ3v) is 4.78. The first kappa shape index (κ1) is 21.0. The molecule has 1 aromatic carbocycles. The van der Waals surface area contributed by atoms with Crippen LogP contribution in [-0.2, 0) is 6.18 Å². The largest absolute Gasteiger partial charge is 0.419 e. The van der Waals surface area contributed by atoms with Gasteiger partial charge in [0, 0.05) is 49.4 Å². The second kappa shape index (κ2) is 7.96. The van der Waals surface area contributed by atoms with Crippen molar-refractivity contribution >= 4 is 11.7 Å². The lowest BCUT2D eigenvalue weighted by Gasteiger charge is -2.35. The summed E-state index contributed by atoms with van der Waals surface area (Å²) >= 11 is 0. The molecule has 2 aromatic rings. The Morgan fingerprint density at radius 3 is 2.31 bits per heavy atom. The molecular weight excluding hydrogens is 388 g/mol. The van der Waals surface area contributed by atoms with Gasteiger partial charge in [-0.1, -0.05) is 13.8 Å². The van der Waals surface area contributed by atoms with Crippen molar-refractivity contribution in [2.75, 3.05) is 31.1 Å². The molecular formula is C20H22F4N4O. The molecule has 0 saturated carbocycles. The molecule has 156 valence electrons. The van der Waals surface area contributed by atoms with E-state index in [0.29, 0.717) is 38.3 Å². The van der Waals surface area contributed by atoms with Crippen LogP contribution in [0.3, 0.4) is 0 Å². The number of rotatable bonds is 3. The zero-order valence-corrected chi connectivity index (χ0v) is 16.4. The van der Waals surface area contributed by atoms with Gasteiger partial charge in [0.2, 0.25) is 0 Å². The van der Waals surface area contributed by atoms with Crippen molar-refractivity contribution in [1.82, 2.24) is 14.9 Å². The van der Waals surface area contributed by atoms with Gasteiger partial charge in [-0.2, -0.15) is 13.2 Å². The molecule has 0 radical (unpaired) electrons. The lowest BCUT2D eigenvalue weighted by atomic mass is 10.1. The zero-order chi connectivity index (χ0) is 21.3. The molecule has 1 aliphatic heterocycles. The predicted octanol–water partition coefficient (Wildman–Crippen LogP) is 4.03. The Morgan fingerprint density at radius 1 is 1.07 bits per heavy atom. The minimum Gasteiger partial charge on any atom is -0.353 e. The highest BCUT2D eigenvalue weighted by atomic mass is 19.4. The van der Waals surface area contributed by atoms with Gasteiger partial charge in [-0.25, -0.2) is 14.4 Å². The van der Waals surface area contributed by atoms with Crippen molar-refractivity contribution in [3.63, 3.8) is 0 Å². The Bertz CT molecular complexity index is 906. The van der Waals surface area contributed by atoms with Gasteiger partial charge in [0.1, 0.15) is 17.5 Å². The standard InChI is InChI=1S/C20H22F4N4O/c1-12(2)18-25-13(3)10-17(26-18)27-6-8-28(9-7-27)19(29)14-4-5-16(21)15(11-14)20(22,23)24/h4-5,10-12H,6-9H2,1-3H3. The summed E-state index contributed by atoms with van der Waals surface area (Å²) in [6.07, 6.45) is -4.85. The number of aromatic nitrogens is 2.